The molecule has 0 fully saturated rings. The van der Waals surface area contributed by atoms with Crippen molar-refractivity contribution >= 4 is 28.8 Å². The van der Waals surface area contributed by atoms with Crippen LogP contribution in [0.4, 0.5) is 0 Å². The molecule has 0 spiro atoms. The predicted octanol–water partition coefficient (Wildman–Crippen LogP) is 3.67. The van der Waals surface area contributed by atoms with Crippen LogP contribution in [0.3, 0.4) is 0 Å². The molecule has 1 amide bonds. The van der Waals surface area contributed by atoms with Gasteiger partial charge in [0, 0.05) is 12.5 Å². The van der Waals surface area contributed by atoms with Gasteiger partial charge in [0.2, 0.25) is 0 Å². The second-order valence-corrected chi connectivity index (χ2v) is 6.49. The maximum atomic E-state index is 11.3. The molecule has 22 heavy (non-hydrogen) atoms. The fourth-order valence-corrected chi connectivity index (χ4v) is 2.56. The van der Waals surface area contributed by atoms with Crippen LogP contribution in [0, 0.1) is 0 Å². The third-order valence-corrected chi connectivity index (χ3v) is 4.15. The molecule has 2 N–H and O–H groups in total. The van der Waals surface area contributed by atoms with Crippen LogP contribution < -0.4 is 15.2 Å². The van der Waals surface area contributed by atoms with Crippen LogP contribution >= 0.6 is 22.9 Å². The number of halogens is 1. The van der Waals surface area contributed by atoms with Gasteiger partial charge < -0.3 is 15.2 Å². The van der Waals surface area contributed by atoms with Gasteiger partial charge in [-0.05, 0) is 48.4 Å². The largest absolute Gasteiger partial charge is 0.493 e. The summed E-state index contributed by atoms with van der Waals surface area (Å²) < 4.78 is 11.3. The minimum Gasteiger partial charge on any atom is -0.493 e. The lowest BCUT2D eigenvalue weighted by Crippen LogP contribution is -2.43. The summed E-state index contributed by atoms with van der Waals surface area (Å²) in [4.78, 5) is 11.3. The van der Waals surface area contributed by atoms with E-state index in [9.17, 15) is 4.79 Å². The monoisotopic (exact) mass is 339 g/mol. The van der Waals surface area contributed by atoms with Crippen molar-refractivity contribution in [1.82, 2.24) is 0 Å². The van der Waals surface area contributed by atoms with Gasteiger partial charge in [0.05, 0.1) is 11.6 Å². The summed E-state index contributed by atoms with van der Waals surface area (Å²) in [6.45, 7) is 3.74. The lowest BCUT2D eigenvalue weighted by molar-refractivity contribution is -0.130. The number of amides is 1. The Hall–Kier alpha value is -1.72. The topological polar surface area (TPSA) is 61.6 Å². The summed E-state index contributed by atoms with van der Waals surface area (Å²) in [7, 11) is 0. The van der Waals surface area contributed by atoms with Crippen molar-refractivity contribution in [3.8, 4) is 11.5 Å². The number of thiophene rings is 1. The minimum absolute atomic E-state index is 0.374. The van der Waals surface area contributed by atoms with E-state index in [1.807, 2.05) is 5.38 Å². The predicted molar refractivity (Wildman–Crippen MR) is 88.9 cm³/mol. The molecule has 0 atom stereocenters. The molecule has 1 aromatic carbocycles. The summed E-state index contributed by atoms with van der Waals surface area (Å²) in [5.41, 5.74) is 5.40. The highest BCUT2D eigenvalue weighted by molar-refractivity contribution is 7.07. The molecule has 2 rings (SSSR count). The van der Waals surface area contributed by atoms with Crippen molar-refractivity contribution in [3.05, 3.63) is 45.6 Å². The van der Waals surface area contributed by atoms with Gasteiger partial charge in [-0.1, -0.05) is 11.6 Å². The van der Waals surface area contributed by atoms with E-state index in [4.69, 9.17) is 26.8 Å². The Labute approximate surface area is 138 Å². The molecular weight excluding hydrogens is 322 g/mol. The Morgan fingerprint density at radius 3 is 2.77 bits per heavy atom. The number of benzene rings is 1. The van der Waals surface area contributed by atoms with E-state index >= 15 is 0 Å². The van der Waals surface area contributed by atoms with Crippen molar-refractivity contribution in [3.63, 3.8) is 0 Å². The van der Waals surface area contributed by atoms with Gasteiger partial charge in [0.15, 0.2) is 5.60 Å². The summed E-state index contributed by atoms with van der Waals surface area (Å²) in [5, 5.41) is 4.53. The fourth-order valence-electron chi connectivity index (χ4n) is 1.70. The molecule has 1 heterocycles. The van der Waals surface area contributed by atoms with Crippen molar-refractivity contribution in [2.75, 3.05) is 6.61 Å². The quantitative estimate of drug-likeness (QED) is 0.837. The Morgan fingerprint density at radius 1 is 1.36 bits per heavy atom. The van der Waals surface area contributed by atoms with E-state index in [0.717, 1.165) is 6.42 Å². The molecule has 0 aliphatic rings. The van der Waals surface area contributed by atoms with Crippen LogP contribution in [0.25, 0.3) is 0 Å². The maximum absolute atomic E-state index is 11.3. The van der Waals surface area contributed by atoms with Crippen LogP contribution in [-0.2, 0) is 11.2 Å². The lowest BCUT2D eigenvalue weighted by atomic mass is 10.1. The van der Waals surface area contributed by atoms with Crippen molar-refractivity contribution < 1.29 is 14.3 Å². The first-order valence-electron chi connectivity index (χ1n) is 6.81. The average Bonchev–Trinajstić information content (AvgIpc) is 2.95. The van der Waals surface area contributed by atoms with E-state index < -0.39 is 11.5 Å². The van der Waals surface area contributed by atoms with Gasteiger partial charge in [0.1, 0.15) is 11.5 Å². The smallest absolute Gasteiger partial charge is 0.261 e. The van der Waals surface area contributed by atoms with E-state index in [-0.39, 0.29) is 0 Å². The molecule has 1 aromatic heterocycles. The minimum atomic E-state index is -1.14. The first-order chi connectivity index (χ1) is 10.4. The number of nitrogens with two attached hydrogens (primary N) is 1. The number of ether oxygens (including phenoxy) is 2. The highest BCUT2D eigenvalue weighted by Crippen LogP contribution is 2.31. The van der Waals surface area contributed by atoms with Crippen LogP contribution in [-0.4, -0.2) is 18.1 Å². The number of rotatable bonds is 7. The second-order valence-electron chi connectivity index (χ2n) is 5.30. The summed E-state index contributed by atoms with van der Waals surface area (Å²) >= 11 is 7.75. The van der Waals surface area contributed by atoms with Crippen molar-refractivity contribution in [2.45, 2.75) is 25.9 Å². The Bertz CT molecular complexity index is 641. The van der Waals surface area contributed by atoms with Crippen LogP contribution in [0.1, 0.15) is 19.4 Å². The SMILES string of the molecule is CC(C)(Oc1cc(OCCc2ccsc2)ccc1Cl)C(N)=O. The molecule has 0 unspecified atom stereocenters. The highest BCUT2D eigenvalue weighted by atomic mass is 35.5. The Balaban J connectivity index is 2.01. The number of carbonyl (C=O) groups excluding carboxylic acids is 1. The number of hydrogen-bond acceptors (Lipinski definition) is 4. The van der Waals surface area contributed by atoms with Gasteiger partial charge in [-0.25, -0.2) is 0 Å². The standard InChI is InChI=1S/C16H18ClNO3S/c1-16(2,15(18)19)21-14-9-12(3-4-13(14)17)20-7-5-11-6-8-22-10-11/h3-4,6,8-10H,5,7H2,1-2H3,(H2,18,19). The van der Waals surface area contributed by atoms with Crippen molar-refractivity contribution in [2.24, 2.45) is 5.73 Å². The first kappa shape index (κ1) is 16.6. The number of carbonyl (C=O) groups is 1. The molecule has 4 nitrogen and oxygen atoms in total. The van der Waals surface area contributed by atoms with Crippen LogP contribution in [0.5, 0.6) is 11.5 Å². The second kappa shape index (κ2) is 7.03. The van der Waals surface area contributed by atoms with Crippen LogP contribution in [0.15, 0.2) is 35.0 Å². The fraction of sp³-hybridized carbons (Fsp3) is 0.312. The lowest BCUT2D eigenvalue weighted by Gasteiger charge is -2.23. The average molecular weight is 340 g/mol. The van der Waals surface area contributed by atoms with Gasteiger partial charge in [-0.2, -0.15) is 11.3 Å². The normalized spacial score (nSPS) is 11.2. The molecule has 2 aromatic rings. The third kappa shape index (κ3) is 4.39. The summed E-state index contributed by atoms with van der Waals surface area (Å²) in [6.07, 6.45) is 0.828. The number of primary amides is 1. The van der Waals surface area contributed by atoms with Gasteiger partial charge >= 0.3 is 0 Å². The Morgan fingerprint density at radius 2 is 2.14 bits per heavy atom. The van der Waals surface area contributed by atoms with Gasteiger partial charge in [0.25, 0.3) is 5.91 Å². The van der Waals surface area contributed by atoms with E-state index in [2.05, 4.69) is 11.4 Å². The molecule has 0 bridgehead atoms. The van der Waals surface area contributed by atoms with E-state index in [1.165, 1.54) is 5.56 Å². The number of hydrogen-bond donors (Lipinski definition) is 1. The summed E-state index contributed by atoms with van der Waals surface area (Å²) in [6, 6.07) is 7.18. The zero-order valence-corrected chi connectivity index (χ0v) is 14.0. The third-order valence-electron chi connectivity index (χ3n) is 3.10. The molecule has 6 heteroatoms. The molecule has 118 valence electrons. The molecule has 0 saturated carbocycles. The zero-order chi connectivity index (χ0) is 16.2. The first-order valence-corrected chi connectivity index (χ1v) is 8.13. The van der Waals surface area contributed by atoms with Gasteiger partial charge in [-0.3, -0.25) is 4.79 Å². The van der Waals surface area contributed by atoms with E-state index in [1.54, 1.807) is 43.4 Å². The molecular formula is C16H18ClNO3S. The summed E-state index contributed by atoms with van der Waals surface area (Å²) in [5.74, 6) is 0.445. The molecule has 0 aliphatic heterocycles. The van der Waals surface area contributed by atoms with E-state index in [0.29, 0.717) is 23.1 Å². The highest BCUT2D eigenvalue weighted by Gasteiger charge is 2.28. The molecule has 0 aliphatic carbocycles. The Kier molecular flexibility index (Phi) is 5.32. The zero-order valence-electron chi connectivity index (χ0n) is 12.5. The maximum Gasteiger partial charge on any atom is 0.261 e. The molecule has 0 saturated heterocycles. The van der Waals surface area contributed by atoms with Crippen molar-refractivity contribution in [1.29, 1.82) is 0 Å². The van der Waals surface area contributed by atoms with Crippen LogP contribution in [0.2, 0.25) is 5.02 Å². The van der Waals surface area contributed by atoms with Gasteiger partial charge in [-0.15, -0.1) is 0 Å². The molecule has 0 radical (unpaired) electrons.